The van der Waals surface area contributed by atoms with Gasteiger partial charge in [0.25, 0.3) is 0 Å². The van der Waals surface area contributed by atoms with Gasteiger partial charge in [-0.25, -0.2) is 4.39 Å². The van der Waals surface area contributed by atoms with Crippen LogP contribution in [0, 0.1) is 5.82 Å². The van der Waals surface area contributed by atoms with Crippen LogP contribution in [0.5, 0.6) is 0 Å². The van der Waals surface area contributed by atoms with Crippen molar-refractivity contribution < 1.29 is 13.9 Å². The molecule has 0 aliphatic carbocycles. The Balaban J connectivity index is 2.24. The van der Waals surface area contributed by atoms with Crippen molar-refractivity contribution >= 4 is 5.91 Å². The standard InChI is InChI=1S/C11H13FN2O2/c12-9-5-7(11(13)15)1-2-8(9)10-6-14-3-4-16-10/h1-2,5,10,14H,3-4,6H2,(H2,13,15)/t10-/m0/s1. The number of carbonyl (C=O) groups is 1. The summed E-state index contributed by atoms with van der Waals surface area (Å²) in [4.78, 5) is 10.9. The zero-order valence-corrected chi connectivity index (χ0v) is 8.70. The van der Waals surface area contributed by atoms with Gasteiger partial charge in [-0.15, -0.1) is 0 Å². The molecule has 1 aliphatic heterocycles. The molecule has 1 aliphatic rings. The van der Waals surface area contributed by atoms with E-state index in [-0.39, 0.29) is 11.7 Å². The Bertz CT molecular complexity index is 403. The molecule has 5 heteroatoms. The average molecular weight is 224 g/mol. The number of amides is 1. The van der Waals surface area contributed by atoms with Crippen molar-refractivity contribution in [2.75, 3.05) is 19.7 Å². The van der Waals surface area contributed by atoms with Crippen LogP contribution in [0.2, 0.25) is 0 Å². The lowest BCUT2D eigenvalue weighted by Crippen LogP contribution is -2.33. The van der Waals surface area contributed by atoms with Gasteiger partial charge in [-0.1, -0.05) is 6.07 Å². The molecule has 0 radical (unpaired) electrons. The highest BCUT2D eigenvalue weighted by atomic mass is 19.1. The molecule has 1 fully saturated rings. The van der Waals surface area contributed by atoms with E-state index in [1.165, 1.54) is 6.07 Å². The highest BCUT2D eigenvalue weighted by molar-refractivity contribution is 5.92. The first-order valence-electron chi connectivity index (χ1n) is 5.10. The lowest BCUT2D eigenvalue weighted by Gasteiger charge is -2.24. The summed E-state index contributed by atoms with van der Waals surface area (Å²) in [5, 5.41) is 3.11. The Kier molecular flexibility index (Phi) is 3.17. The molecule has 0 spiro atoms. The molecular formula is C11H13FN2O2. The minimum absolute atomic E-state index is 0.171. The van der Waals surface area contributed by atoms with E-state index in [2.05, 4.69) is 5.32 Å². The number of nitrogens with one attached hydrogen (secondary N) is 1. The molecule has 1 aromatic carbocycles. The quantitative estimate of drug-likeness (QED) is 0.772. The third-order valence-corrected chi connectivity index (χ3v) is 2.56. The second-order valence-electron chi connectivity index (χ2n) is 3.66. The summed E-state index contributed by atoms with van der Waals surface area (Å²) in [6.45, 7) is 1.91. The number of hydrogen-bond donors (Lipinski definition) is 2. The first-order valence-corrected chi connectivity index (χ1v) is 5.10. The Labute approximate surface area is 92.6 Å². The molecule has 0 saturated carbocycles. The molecule has 1 heterocycles. The number of morpholine rings is 1. The van der Waals surface area contributed by atoms with Crippen molar-refractivity contribution in [1.82, 2.24) is 5.32 Å². The van der Waals surface area contributed by atoms with Crippen LogP contribution in [-0.4, -0.2) is 25.6 Å². The number of ether oxygens (including phenoxy) is 1. The SMILES string of the molecule is NC(=O)c1ccc([C@@H]2CNCCO2)c(F)c1. The lowest BCUT2D eigenvalue weighted by molar-refractivity contribution is 0.0255. The first kappa shape index (κ1) is 11.0. The van der Waals surface area contributed by atoms with Gasteiger partial charge in [0.2, 0.25) is 5.91 Å². The largest absolute Gasteiger partial charge is 0.371 e. The molecule has 0 aromatic heterocycles. The highest BCUT2D eigenvalue weighted by Gasteiger charge is 2.19. The second-order valence-corrected chi connectivity index (χ2v) is 3.66. The van der Waals surface area contributed by atoms with Crippen LogP contribution in [0.25, 0.3) is 0 Å². The van der Waals surface area contributed by atoms with Crippen molar-refractivity contribution in [3.63, 3.8) is 0 Å². The molecule has 1 saturated heterocycles. The van der Waals surface area contributed by atoms with Crippen molar-refractivity contribution in [2.45, 2.75) is 6.10 Å². The van der Waals surface area contributed by atoms with E-state index in [0.29, 0.717) is 18.7 Å². The van der Waals surface area contributed by atoms with Crippen molar-refractivity contribution in [3.05, 3.63) is 35.1 Å². The average Bonchev–Trinajstić information content (AvgIpc) is 2.30. The van der Waals surface area contributed by atoms with Gasteiger partial charge >= 0.3 is 0 Å². The van der Waals surface area contributed by atoms with Crippen LogP contribution in [0.1, 0.15) is 22.0 Å². The summed E-state index contributed by atoms with van der Waals surface area (Å²) in [5.41, 5.74) is 5.69. The van der Waals surface area contributed by atoms with E-state index < -0.39 is 11.7 Å². The fraction of sp³-hybridized carbons (Fsp3) is 0.364. The number of carbonyl (C=O) groups excluding carboxylic acids is 1. The first-order chi connectivity index (χ1) is 7.68. The second kappa shape index (κ2) is 4.59. The fourth-order valence-corrected chi connectivity index (χ4v) is 1.71. The van der Waals surface area contributed by atoms with Crippen molar-refractivity contribution in [1.29, 1.82) is 0 Å². The molecule has 1 amide bonds. The lowest BCUT2D eigenvalue weighted by atomic mass is 10.0. The van der Waals surface area contributed by atoms with Gasteiger partial charge in [0.05, 0.1) is 12.7 Å². The van der Waals surface area contributed by atoms with E-state index in [4.69, 9.17) is 10.5 Å². The molecule has 0 bridgehead atoms. The maximum Gasteiger partial charge on any atom is 0.248 e. The van der Waals surface area contributed by atoms with Gasteiger partial charge in [-0.3, -0.25) is 4.79 Å². The molecular weight excluding hydrogens is 211 g/mol. The molecule has 86 valence electrons. The number of nitrogens with two attached hydrogens (primary N) is 1. The van der Waals surface area contributed by atoms with Gasteiger partial charge in [0, 0.05) is 24.2 Å². The van der Waals surface area contributed by atoms with Crippen LogP contribution in [-0.2, 0) is 4.74 Å². The summed E-state index contributed by atoms with van der Waals surface area (Å²) in [6.07, 6.45) is -0.296. The zero-order valence-electron chi connectivity index (χ0n) is 8.70. The van der Waals surface area contributed by atoms with E-state index in [1.807, 2.05) is 0 Å². The van der Waals surface area contributed by atoms with Crippen LogP contribution in [0.4, 0.5) is 4.39 Å². The van der Waals surface area contributed by atoms with Crippen molar-refractivity contribution in [2.24, 2.45) is 5.73 Å². The van der Waals surface area contributed by atoms with Gasteiger partial charge in [-0.2, -0.15) is 0 Å². The Morgan fingerprint density at radius 3 is 2.94 bits per heavy atom. The summed E-state index contributed by atoms with van der Waals surface area (Å²) >= 11 is 0. The zero-order chi connectivity index (χ0) is 11.5. The monoisotopic (exact) mass is 224 g/mol. The summed E-state index contributed by atoms with van der Waals surface area (Å²) in [6, 6.07) is 4.21. The van der Waals surface area contributed by atoms with Crippen LogP contribution in [0.3, 0.4) is 0 Å². The summed E-state index contributed by atoms with van der Waals surface area (Å²) in [7, 11) is 0. The Hall–Kier alpha value is -1.46. The van der Waals surface area contributed by atoms with E-state index in [0.717, 1.165) is 12.6 Å². The predicted octanol–water partition coefficient (Wildman–Crippen LogP) is 0.585. The number of rotatable bonds is 2. The summed E-state index contributed by atoms with van der Waals surface area (Å²) in [5.74, 6) is -1.09. The van der Waals surface area contributed by atoms with Gasteiger partial charge in [0.1, 0.15) is 5.82 Å². The van der Waals surface area contributed by atoms with Crippen LogP contribution < -0.4 is 11.1 Å². The summed E-state index contributed by atoms with van der Waals surface area (Å²) < 4.78 is 19.1. The van der Waals surface area contributed by atoms with Crippen molar-refractivity contribution in [3.8, 4) is 0 Å². The minimum atomic E-state index is -0.631. The molecule has 4 nitrogen and oxygen atoms in total. The normalized spacial score (nSPS) is 20.7. The molecule has 0 unspecified atom stereocenters. The fourth-order valence-electron chi connectivity index (χ4n) is 1.71. The van der Waals surface area contributed by atoms with E-state index in [1.54, 1.807) is 6.07 Å². The molecule has 2 rings (SSSR count). The third kappa shape index (κ3) is 2.20. The molecule has 1 aromatic rings. The molecule has 3 N–H and O–H groups in total. The third-order valence-electron chi connectivity index (χ3n) is 2.56. The highest BCUT2D eigenvalue weighted by Crippen LogP contribution is 2.22. The number of hydrogen-bond acceptors (Lipinski definition) is 3. The Morgan fingerprint density at radius 2 is 2.38 bits per heavy atom. The number of benzene rings is 1. The Morgan fingerprint density at radius 1 is 1.56 bits per heavy atom. The number of primary amides is 1. The van der Waals surface area contributed by atoms with E-state index in [9.17, 15) is 9.18 Å². The van der Waals surface area contributed by atoms with Gasteiger partial charge in [0.15, 0.2) is 0 Å². The van der Waals surface area contributed by atoms with Crippen LogP contribution >= 0.6 is 0 Å². The minimum Gasteiger partial charge on any atom is -0.371 e. The number of halogens is 1. The maximum atomic E-state index is 13.7. The van der Waals surface area contributed by atoms with Crippen LogP contribution in [0.15, 0.2) is 18.2 Å². The topological polar surface area (TPSA) is 64.4 Å². The van der Waals surface area contributed by atoms with E-state index >= 15 is 0 Å². The maximum absolute atomic E-state index is 13.7. The molecule has 16 heavy (non-hydrogen) atoms. The predicted molar refractivity (Wildman–Crippen MR) is 56.5 cm³/mol. The smallest absolute Gasteiger partial charge is 0.248 e. The van der Waals surface area contributed by atoms with Gasteiger partial charge in [-0.05, 0) is 12.1 Å². The molecule has 1 atom stereocenters. The van der Waals surface area contributed by atoms with Gasteiger partial charge < -0.3 is 15.8 Å².